The third-order valence-corrected chi connectivity index (χ3v) is 5.88. The number of nitrogens with two attached hydrogens (primary N) is 1. The summed E-state index contributed by atoms with van der Waals surface area (Å²) in [5, 5.41) is 27.4. The number of ether oxygens (including phenoxy) is 1. The van der Waals surface area contributed by atoms with E-state index in [1.54, 1.807) is 6.92 Å². The summed E-state index contributed by atoms with van der Waals surface area (Å²) in [4.78, 5) is 21.0. The molecule has 4 N–H and O–H groups in total. The van der Waals surface area contributed by atoms with E-state index in [9.17, 15) is 18.7 Å². The minimum absolute atomic E-state index is 0.0463. The van der Waals surface area contributed by atoms with E-state index < -0.39 is 23.8 Å². The van der Waals surface area contributed by atoms with Gasteiger partial charge in [0.25, 0.3) is 0 Å². The predicted octanol–water partition coefficient (Wildman–Crippen LogP) is 2.39. The first-order valence-electron chi connectivity index (χ1n) is 11.2. The number of aliphatic hydroxyl groups is 1. The molecule has 1 atom stereocenters. The molecule has 0 bridgehead atoms. The lowest BCUT2D eigenvalue weighted by atomic mass is 10.0. The molecule has 36 heavy (non-hydrogen) atoms. The molecular formula is C23H25F2N7O4. The molecule has 1 aliphatic rings. The molecule has 1 aliphatic heterocycles. The molecule has 13 heteroatoms. The molecule has 4 heterocycles. The van der Waals surface area contributed by atoms with Crippen LogP contribution in [0.4, 0.5) is 13.6 Å². The summed E-state index contributed by atoms with van der Waals surface area (Å²) >= 11 is 0. The third kappa shape index (κ3) is 5.40. The van der Waals surface area contributed by atoms with Crippen LogP contribution >= 0.6 is 0 Å². The number of fused-ring (bicyclic) bond motifs is 1. The topological polar surface area (TPSA) is 151 Å². The van der Waals surface area contributed by atoms with E-state index in [1.807, 2.05) is 0 Å². The number of likely N-dealkylation sites (tertiary alicyclic amines) is 1. The van der Waals surface area contributed by atoms with Crippen LogP contribution in [0.5, 0.6) is 5.75 Å². The van der Waals surface area contributed by atoms with Gasteiger partial charge in [0.1, 0.15) is 35.5 Å². The van der Waals surface area contributed by atoms with Gasteiger partial charge in [-0.15, -0.1) is 0 Å². The van der Waals surface area contributed by atoms with Crippen LogP contribution in [-0.4, -0.2) is 73.0 Å². The maximum atomic E-state index is 14.5. The quantitative estimate of drug-likeness (QED) is 0.255. The van der Waals surface area contributed by atoms with Crippen molar-refractivity contribution in [3.8, 4) is 5.75 Å². The average Bonchev–Trinajstić information content (AvgIpc) is 3.24. The number of pyridine rings is 2. The summed E-state index contributed by atoms with van der Waals surface area (Å²) in [5.74, 6) is 4.58. The van der Waals surface area contributed by atoms with Gasteiger partial charge in [-0.1, -0.05) is 0 Å². The highest BCUT2D eigenvalue weighted by Gasteiger charge is 2.23. The number of aliphatic hydroxyl groups excluding tert-OH is 1. The predicted molar refractivity (Wildman–Crippen MR) is 126 cm³/mol. The van der Waals surface area contributed by atoms with Crippen molar-refractivity contribution < 1.29 is 28.5 Å². The highest BCUT2D eigenvalue weighted by molar-refractivity contribution is 6.47. The number of aromatic nitrogens is 3. The first-order chi connectivity index (χ1) is 17.3. The van der Waals surface area contributed by atoms with Gasteiger partial charge in [0.05, 0.1) is 29.8 Å². The molecule has 0 radical (unpaired) electrons. The maximum Gasteiger partial charge on any atom is 0.407 e. The molecule has 0 aromatic carbocycles. The van der Waals surface area contributed by atoms with Gasteiger partial charge in [0.15, 0.2) is 5.82 Å². The van der Waals surface area contributed by atoms with Crippen LogP contribution in [-0.2, 0) is 0 Å². The fourth-order valence-corrected chi connectivity index (χ4v) is 4.02. The van der Waals surface area contributed by atoms with Crippen molar-refractivity contribution in [2.45, 2.75) is 31.9 Å². The second-order valence-corrected chi connectivity index (χ2v) is 8.30. The Balaban J connectivity index is 1.57. The summed E-state index contributed by atoms with van der Waals surface area (Å²) in [6.45, 7) is 2.21. The van der Waals surface area contributed by atoms with Crippen LogP contribution < -0.4 is 10.6 Å². The summed E-state index contributed by atoms with van der Waals surface area (Å²) in [5.41, 5.74) is 1.52. The Morgan fingerprint density at radius 3 is 2.69 bits per heavy atom. The number of nitrogens with zero attached hydrogens (tertiary/aromatic N) is 6. The number of hydrogen-bond donors (Lipinski definition) is 3. The van der Waals surface area contributed by atoms with Crippen LogP contribution in [0.1, 0.15) is 37.1 Å². The number of aliphatic imine (C=N–C) groups is 1. The van der Waals surface area contributed by atoms with Crippen LogP contribution in [0.2, 0.25) is 0 Å². The molecule has 1 saturated heterocycles. The Morgan fingerprint density at radius 2 is 2.06 bits per heavy atom. The van der Waals surface area contributed by atoms with Crippen molar-refractivity contribution in [3.05, 3.63) is 59.7 Å². The molecule has 190 valence electrons. The van der Waals surface area contributed by atoms with Gasteiger partial charge in [0, 0.05) is 24.8 Å². The van der Waals surface area contributed by atoms with Gasteiger partial charge < -0.3 is 25.7 Å². The SMILES string of the molecule is CC(=NC1CCN(C(=O)O)CC1)/C(=N\N)c1cc(OCC(O)c2ccc(F)cn2)c2c(F)cnn2c1. The number of hydrogen-bond acceptors (Lipinski definition) is 8. The minimum Gasteiger partial charge on any atom is -0.488 e. The van der Waals surface area contributed by atoms with Crippen LogP contribution in [0.15, 0.2) is 46.9 Å². The molecule has 11 nitrogen and oxygen atoms in total. The molecule has 4 rings (SSSR count). The fourth-order valence-electron chi connectivity index (χ4n) is 4.02. The van der Waals surface area contributed by atoms with Crippen molar-refractivity contribution in [1.29, 1.82) is 0 Å². The highest BCUT2D eigenvalue weighted by atomic mass is 19.1. The average molecular weight is 501 g/mol. The number of piperidine rings is 1. The molecular weight excluding hydrogens is 476 g/mol. The molecule has 3 aromatic heterocycles. The lowest BCUT2D eigenvalue weighted by molar-refractivity contribution is 0.105. The van der Waals surface area contributed by atoms with E-state index in [0.29, 0.717) is 42.9 Å². The Bertz CT molecular complexity index is 1300. The second kappa shape index (κ2) is 10.6. The van der Waals surface area contributed by atoms with Crippen LogP contribution in [0.3, 0.4) is 0 Å². The molecule has 0 aliphatic carbocycles. The van der Waals surface area contributed by atoms with Crippen LogP contribution in [0, 0.1) is 11.6 Å². The maximum absolute atomic E-state index is 14.5. The first kappa shape index (κ1) is 25.0. The van der Waals surface area contributed by atoms with Gasteiger partial charge in [0.2, 0.25) is 0 Å². The summed E-state index contributed by atoms with van der Waals surface area (Å²) in [6.07, 6.45) is 2.52. The second-order valence-electron chi connectivity index (χ2n) is 8.30. The molecule has 0 spiro atoms. The minimum atomic E-state index is -1.19. The first-order valence-corrected chi connectivity index (χ1v) is 11.2. The largest absolute Gasteiger partial charge is 0.488 e. The smallest absolute Gasteiger partial charge is 0.407 e. The number of rotatable bonds is 7. The third-order valence-electron chi connectivity index (χ3n) is 5.88. The Labute approximate surface area is 204 Å². The number of hydrazone groups is 1. The molecule has 1 amide bonds. The van der Waals surface area contributed by atoms with Crippen molar-refractivity contribution in [1.82, 2.24) is 19.5 Å². The van der Waals surface area contributed by atoms with Gasteiger partial charge in [-0.05, 0) is 38.0 Å². The lowest BCUT2D eigenvalue weighted by Gasteiger charge is -2.28. The normalized spacial score (nSPS) is 16.4. The zero-order valence-electron chi connectivity index (χ0n) is 19.4. The van der Waals surface area contributed by atoms with E-state index in [4.69, 9.17) is 15.7 Å². The summed E-state index contributed by atoms with van der Waals surface area (Å²) < 4.78 is 34.6. The summed E-state index contributed by atoms with van der Waals surface area (Å²) in [6, 6.07) is 3.91. The van der Waals surface area contributed by atoms with E-state index >= 15 is 0 Å². The number of halogens is 2. The molecule has 3 aromatic rings. The zero-order chi connectivity index (χ0) is 25.8. The molecule has 0 saturated carbocycles. The fraction of sp³-hybridized carbons (Fsp3) is 0.348. The number of amides is 1. The van der Waals surface area contributed by atoms with E-state index in [0.717, 1.165) is 12.4 Å². The van der Waals surface area contributed by atoms with Crippen molar-refractivity contribution in [2.75, 3.05) is 19.7 Å². The van der Waals surface area contributed by atoms with Crippen molar-refractivity contribution >= 4 is 23.0 Å². The monoisotopic (exact) mass is 501 g/mol. The molecule has 1 fully saturated rings. The lowest BCUT2D eigenvalue weighted by Crippen LogP contribution is -2.39. The van der Waals surface area contributed by atoms with Crippen LogP contribution in [0.25, 0.3) is 5.52 Å². The summed E-state index contributed by atoms with van der Waals surface area (Å²) in [7, 11) is 0. The molecule has 1 unspecified atom stereocenters. The number of carboxylic acid groups (broad SMARTS) is 1. The van der Waals surface area contributed by atoms with Gasteiger partial charge >= 0.3 is 6.09 Å². The Hall–Kier alpha value is -4.13. The van der Waals surface area contributed by atoms with Gasteiger partial charge in [-0.25, -0.2) is 18.1 Å². The zero-order valence-corrected chi connectivity index (χ0v) is 19.4. The Kier molecular flexibility index (Phi) is 7.38. The Morgan fingerprint density at radius 1 is 1.31 bits per heavy atom. The van der Waals surface area contributed by atoms with Gasteiger partial charge in [-0.2, -0.15) is 10.2 Å². The van der Waals surface area contributed by atoms with Crippen molar-refractivity contribution in [2.24, 2.45) is 15.9 Å². The van der Waals surface area contributed by atoms with E-state index in [1.165, 1.54) is 33.8 Å². The standard InChI is InChI=1S/C23H25F2N7O4/c1-13(29-16-4-6-31(7-5-16)23(34)35)21(30-26)14-8-20(22-17(25)10-28-32(22)11-14)36-12-19(33)18-3-2-15(24)9-27-18/h2-3,8-11,16,19,33H,4-7,12,26H2,1H3,(H,34,35)/b29-13?,30-21+. The van der Waals surface area contributed by atoms with E-state index in [2.05, 4.69) is 20.2 Å². The van der Waals surface area contributed by atoms with E-state index in [-0.39, 0.29) is 29.6 Å². The number of carbonyl (C=O) groups is 1. The van der Waals surface area contributed by atoms with Gasteiger partial charge in [-0.3, -0.25) is 9.98 Å². The highest BCUT2D eigenvalue weighted by Crippen LogP contribution is 2.26. The van der Waals surface area contributed by atoms with Crippen molar-refractivity contribution in [3.63, 3.8) is 0 Å².